The Morgan fingerprint density at radius 1 is 1.37 bits per heavy atom. The van der Waals surface area contributed by atoms with Crippen molar-refractivity contribution < 1.29 is 0 Å². The Morgan fingerprint density at radius 2 is 2.16 bits per heavy atom. The summed E-state index contributed by atoms with van der Waals surface area (Å²) in [4.78, 5) is 4.45. The van der Waals surface area contributed by atoms with Crippen LogP contribution in [0, 0.1) is 6.92 Å². The molecule has 1 unspecified atom stereocenters. The molecule has 0 fully saturated rings. The van der Waals surface area contributed by atoms with E-state index in [-0.39, 0.29) is 6.04 Å². The number of aromatic nitrogens is 1. The Bertz CT molecular complexity index is 554. The Kier molecular flexibility index (Phi) is 5.22. The van der Waals surface area contributed by atoms with E-state index in [9.17, 15) is 0 Å². The van der Waals surface area contributed by atoms with E-state index in [1.807, 2.05) is 19.1 Å². The third kappa shape index (κ3) is 3.93. The zero-order valence-electron chi connectivity index (χ0n) is 10.9. The fraction of sp³-hybridized carbons (Fsp3) is 0.357. The first kappa shape index (κ1) is 14.8. The highest BCUT2D eigenvalue weighted by Crippen LogP contribution is 2.28. The maximum atomic E-state index is 6.25. The predicted molar refractivity (Wildman–Crippen MR) is 83.2 cm³/mol. The van der Waals surface area contributed by atoms with Gasteiger partial charge in [-0.2, -0.15) is 0 Å². The van der Waals surface area contributed by atoms with E-state index in [1.54, 1.807) is 17.4 Å². The number of rotatable bonds is 5. The highest BCUT2D eigenvalue weighted by molar-refractivity contribution is 7.09. The quantitative estimate of drug-likeness (QED) is 0.840. The molecule has 0 aliphatic carbocycles. The highest BCUT2D eigenvalue weighted by atomic mass is 35.5. The molecule has 1 aromatic carbocycles. The summed E-state index contributed by atoms with van der Waals surface area (Å²) in [5.74, 6) is 0. The van der Waals surface area contributed by atoms with Crippen molar-refractivity contribution in [2.24, 2.45) is 0 Å². The van der Waals surface area contributed by atoms with Crippen LogP contribution in [-0.2, 0) is 6.54 Å². The van der Waals surface area contributed by atoms with E-state index >= 15 is 0 Å². The van der Waals surface area contributed by atoms with E-state index in [2.05, 4.69) is 22.6 Å². The van der Waals surface area contributed by atoms with Crippen LogP contribution in [0.5, 0.6) is 0 Å². The Balaban J connectivity index is 2.07. The van der Waals surface area contributed by atoms with Crippen LogP contribution in [0.2, 0.25) is 10.0 Å². The topological polar surface area (TPSA) is 24.9 Å². The van der Waals surface area contributed by atoms with Crippen LogP contribution < -0.4 is 5.32 Å². The molecule has 0 bridgehead atoms. The lowest BCUT2D eigenvalue weighted by Crippen LogP contribution is -2.20. The fourth-order valence-corrected chi connectivity index (χ4v) is 3.13. The number of thiazole rings is 1. The molecule has 0 amide bonds. The summed E-state index contributed by atoms with van der Waals surface area (Å²) >= 11 is 13.8. The smallest absolute Gasteiger partial charge is 0.0897 e. The zero-order chi connectivity index (χ0) is 13.8. The molecule has 0 spiro atoms. The molecule has 1 N–H and O–H groups in total. The van der Waals surface area contributed by atoms with Gasteiger partial charge in [0.25, 0.3) is 0 Å². The van der Waals surface area contributed by atoms with Gasteiger partial charge < -0.3 is 5.32 Å². The molecule has 19 heavy (non-hydrogen) atoms. The molecule has 2 nitrogen and oxygen atoms in total. The lowest BCUT2D eigenvalue weighted by molar-refractivity contribution is 0.515. The van der Waals surface area contributed by atoms with Crippen molar-refractivity contribution in [3.8, 4) is 0 Å². The van der Waals surface area contributed by atoms with Crippen LogP contribution in [0.4, 0.5) is 0 Å². The summed E-state index contributed by atoms with van der Waals surface area (Å²) in [5, 5.41) is 8.04. The van der Waals surface area contributed by atoms with Crippen LogP contribution in [0.1, 0.15) is 35.7 Å². The van der Waals surface area contributed by atoms with Crippen molar-refractivity contribution in [1.29, 1.82) is 0 Å². The molecule has 2 aromatic rings. The van der Waals surface area contributed by atoms with Gasteiger partial charge in [0.2, 0.25) is 0 Å². The highest BCUT2D eigenvalue weighted by Gasteiger charge is 2.13. The molecular formula is C14H16Cl2N2S. The summed E-state index contributed by atoms with van der Waals surface area (Å²) < 4.78 is 0. The first-order valence-electron chi connectivity index (χ1n) is 6.19. The van der Waals surface area contributed by atoms with Crippen LogP contribution in [-0.4, -0.2) is 4.98 Å². The van der Waals surface area contributed by atoms with Crippen LogP contribution >= 0.6 is 34.5 Å². The van der Waals surface area contributed by atoms with Gasteiger partial charge in [-0.1, -0.05) is 36.2 Å². The number of hydrogen-bond donors (Lipinski definition) is 1. The summed E-state index contributed by atoms with van der Waals surface area (Å²) in [7, 11) is 0. The van der Waals surface area contributed by atoms with Crippen LogP contribution in [0.3, 0.4) is 0 Å². The Labute approximate surface area is 127 Å². The fourth-order valence-electron chi connectivity index (χ4n) is 1.98. The monoisotopic (exact) mass is 314 g/mol. The van der Waals surface area contributed by atoms with Gasteiger partial charge in [-0.05, 0) is 31.0 Å². The van der Waals surface area contributed by atoms with Gasteiger partial charge in [0.1, 0.15) is 0 Å². The zero-order valence-corrected chi connectivity index (χ0v) is 13.2. The minimum atomic E-state index is 0.215. The molecule has 1 heterocycles. The summed E-state index contributed by atoms with van der Waals surface area (Å²) in [6.07, 6.45) is 0.963. The molecule has 0 aliphatic heterocycles. The van der Waals surface area contributed by atoms with E-state index in [0.717, 1.165) is 29.2 Å². The summed E-state index contributed by atoms with van der Waals surface area (Å²) in [6, 6.07) is 5.86. The lowest BCUT2D eigenvalue weighted by Gasteiger charge is -2.18. The molecule has 0 saturated carbocycles. The number of aryl methyl sites for hydroxylation is 1. The third-order valence-corrected chi connectivity index (χ3v) is 4.33. The van der Waals surface area contributed by atoms with Gasteiger partial charge in [-0.3, -0.25) is 0 Å². The van der Waals surface area contributed by atoms with E-state index in [1.165, 1.54) is 0 Å². The van der Waals surface area contributed by atoms with Crippen molar-refractivity contribution in [3.63, 3.8) is 0 Å². The van der Waals surface area contributed by atoms with Gasteiger partial charge >= 0.3 is 0 Å². The largest absolute Gasteiger partial charge is 0.304 e. The van der Waals surface area contributed by atoms with Gasteiger partial charge in [-0.25, -0.2) is 4.98 Å². The maximum Gasteiger partial charge on any atom is 0.0897 e. The number of nitrogens with one attached hydrogen (secondary N) is 1. The summed E-state index contributed by atoms with van der Waals surface area (Å²) in [6.45, 7) is 4.90. The predicted octanol–water partition coefficient (Wildman–Crippen LogP) is 5.00. The maximum absolute atomic E-state index is 6.25. The van der Waals surface area contributed by atoms with Crippen molar-refractivity contribution >= 4 is 34.5 Å². The molecule has 1 atom stereocenters. The third-order valence-electron chi connectivity index (χ3n) is 2.94. The lowest BCUT2D eigenvalue weighted by atomic mass is 10.0. The van der Waals surface area contributed by atoms with Crippen molar-refractivity contribution in [3.05, 3.63) is 49.9 Å². The first-order valence-corrected chi connectivity index (χ1v) is 7.83. The first-order chi connectivity index (χ1) is 9.10. The van der Waals surface area contributed by atoms with Gasteiger partial charge in [-0.15, -0.1) is 11.3 Å². The minimum absolute atomic E-state index is 0.215. The van der Waals surface area contributed by atoms with E-state index < -0.39 is 0 Å². The van der Waals surface area contributed by atoms with Crippen molar-refractivity contribution in [1.82, 2.24) is 10.3 Å². The number of benzene rings is 1. The molecule has 5 heteroatoms. The van der Waals surface area contributed by atoms with Crippen LogP contribution in [0.25, 0.3) is 0 Å². The van der Waals surface area contributed by atoms with Gasteiger partial charge in [0, 0.05) is 28.0 Å². The van der Waals surface area contributed by atoms with Gasteiger partial charge in [0.05, 0.1) is 10.7 Å². The van der Waals surface area contributed by atoms with Gasteiger partial charge in [0.15, 0.2) is 0 Å². The second-order valence-corrected chi connectivity index (χ2v) is 6.27. The molecule has 0 saturated heterocycles. The normalized spacial score (nSPS) is 12.6. The molecular weight excluding hydrogens is 299 g/mol. The number of hydrogen-bond acceptors (Lipinski definition) is 3. The average molecular weight is 315 g/mol. The number of nitrogens with zero attached hydrogens (tertiary/aromatic N) is 1. The second kappa shape index (κ2) is 6.71. The molecule has 0 radical (unpaired) electrons. The van der Waals surface area contributed by atoms with Crippen molar-refractivity contribution in [2.45, 2.75) is 32.9 Å². The average Bonchev–Trinajstić information content (AvgIpc) is 2.78. The standard InChI is InChI=1S/C14H16Cl2N2S/c1-3-14(12-5-4-10(15)6-13(12)16)17-7-11-8-19-9(2)18-11/h4-6,8,14,17H,3,7H2,1-2H3. The minimum Gasteiger partial charge on any atom is -0.304 e. The van der Waals surface area contributed by atoms with E-state index in [4.69, 9.17) is 23.2 Å². The Morgan fingerprint density at radius 3 is 2.74 bits per heavy atom. The second-order valence-electron chi connectivity index (χ2n) is 4.37. The SMILES string of the molecule is CCC(NCc1csc(C)n1)c1ccc(Cl)cc1Cl. The molecule has 2 rings (SSSR count). The van der Waals surface area contributed by atoms with Crippen LogP contribution in [0.15, 0.2) is 23.6 Å². The summed E-state index contributed by atoms with van der Waals surface area (Å²) in [5.41, 5.74) is 2.16. The number of halogens is 2. The molecule has 1 aromatic heterocycles. The Hall–Kier alpha value is -0.610. The van der Waals surface area contributed by atoms with Crippen molar-refractivity contribution in [2.75, 3.05) is 0 Å². The van der Waals surface area contributed by atoms with E-state index in [0.29, 0.717) is 10.0 Å². The molecule has 102 valence electrons. The molecule has 0 aliphatic rings.